The van der Waals surface area contributed by atoms with Gasteiger partial charge in [-0.15, -0.1) is 0 Å². The fourth-order valence-corrected chi connectivity index (χ4v) is 2.11. The maximum atomic E-state index is 12.5. The molecule has 0 bridgehead atoms. The number of benzene rings is 2. The first-order valence-electron chi connectivity index (χ1n) is 5.95. The van der Waals surface area contributed by atoms with Gasteiger partial charge in [0.1, 0.15) is 0 Å². The molecule has 0 heterocycles. The van der Waals surface area contributed by atoms with Crippen molar-refractivity contribution in [3.8, 4) is 0 Å². The molecule has 0 radical (unpaired) electrons. The predicted molar refractivity (Wildman–Crippen MR) is 72.7 cm³/mol. The van der Waals surface area contributed by atoms with E-state index in [0.717, 1.165) is 0 Å². The van der Waals surface area contributed by atoms with Crippen LogP contribution in [0, 0.1) is 13.8 Å². The monoisotopic (exact) mass is 254 g/mol. The number of carboxylic acid groups (broad SMARTS) is 1. The lowest BCUT2D eigenvalue weighted by Crippen LogP contribution is -2.13. The number of aryl methyl sites for hydroxylation is 2. The van der Waals surface area contributed by atoms with Crippen molar-refractivity contribution in [3.05, 3.63) is 70.3 Å². The van der Waals surface area contributed by atoms with Gasteiger partial charge in [-0.2, -0.15) is 0 Å². The lowest BCUT2D eigenvalue weighted by Gasteiger charge is -2.11. The zero-order valence-corrected chi connectivity index (χ0v) is 10.8. The van der Waals surface area contributed by atoms with E-state index in [-0.39, 0.29) is 16.9 Å². The predicted octanol–water partition coefficient (Wildman–Crippen LogP) is 3.23. The van der Waals surface area contributed by atoms with E-state index in [9.17, 15) is 14.7 Å². The van der Waals surface area contributed by atoms with Crippen molar-refractivity contribution in [1.82, 2.24) is 0 Å². The van der Waals surface area contributed by atoms with E-state index < -0.39 is 5.97 Å². The minimum atomic E-state index is -1.07. The highest BCUT2D eigenvalue weighted by molar-refractivity contribution is 6.15. The van der Waals surface area contributed by atoms with E-state index in [4.69, 9.17) is 0 Å². The summed E-state index contributed by atoms with van der Waals surface area (Å²) in [7, 11) is 0. The van der Waals surface area contributed by atoms with Crippen LogP contribution >= 0.6 is 0 Å². The van der Waals surface area contributed by atoms with Crippen LogP contribution in [0.2, 0.25) is 0 Å². The molecule has 0 aliphatic rings. The number of ketones is 1. The third-order valence-corrected chi connectivity index (χ3v) is 3.10. The smallest absolute Gasteiger partial charge is 0.336 e. The number of aromatic carboxylic acids is 1. The summed E-state index contributed by atoms with van der Waals surface area (Å²) in [6.07, 6.45) is 0. The molecule has 2 rings (SSSR count). The summed E-state index contributed by atoms with van der Waals surface area (Å²) in [6, 6.07) is 12.2. The highest BCUT2D eigenvalue weighted by Gasteiger charge is 2.21. The topological polar surface area (TPSA) is 54.4 Å². The summed E-state index contributed by atoms with van der Waals surface area (Å²) >= 11 is 0. The Labute approximate surface area is 111 Å². The molecule has 0 saturated carbocycles. The van der Waals surface area contributed by atoms with Crippen LogP contribution in [0.5, 0.6) is 0 Å². The van der Waals surface area contributed by atoms with Gasteiger partial charge in [-0.05, 0) is 25.0 Å². The van der Waals surface area contributed by atoms with Gasteiger partial charge in [-0.3, -0.25) is 4.79 Å². The minimum Gasteiger partial charge on any atom is -0.478 e. The van der Waals surface area contributed by atoms with Crippen LogP contribution in [0.3, 0.4) is 0 Å². The van der Waals surface area contributed by atoms with Crippen LogP contribution < -0.4 is 0 Å². The first-order chi connectivity index (χ1) is 9.02. The first kappa shape index (κ1) is 13.0. The van der Waals surface area contributed by atoms with Crippen molar-refractivity contribution < 1.29 is 14.7 Å². The molecule has 1 N–H and O–H groups in total. The van der Waals surface area contributed by atoms with Crippen LogP contribution in [0.4, 0.5) is 0 Å². The highest BCUT2D eigenvalue weighted by atomic mass is 16.4. The average Bonchev–Trinajstić information content (AvgIpc) is 2.41. The van der Waals surface area contributed by atoms with Gasteiger partial charge >= 0.3 is 5.97 Å². The second-order valence-corrected chi connectivity index (χ2v) is 4.45. The van der Waals surface area contributed by atoms with Gasteiger partial charge in [-0.1, -0.05) is 42.5 Å². The molecule has 3 nitrogen and oxygen atoms in total. The molecule has 0 spiro atoms. The van der Waals surface area contributed by atoms with E-state index >= 15 is 0 Å². The Balaban J connectivity index is 2.66. The van der Waals surface area contributed by atoms with E-state index in [1.165, 1.54) is 0 Å². The molecule has 0 aliphatic carbocycles. The molecule has 0 fully saturated rings. The largest absolute Gasteiger partial charge is 0.478 e. The average molecular weight is 254 g/mol. The SMILES string of the molecule is Cc1ccc(C)c(C(=O)c2ccccc2)c1C(=O)O. The number of carbonyl (C=O) groups excluding carboxylic acids is 1. The molecule has 19 heavy (non-hydrogen) atoms. The molecular weight excluding hydrogens is 240 g/mol. The first-order valence-corrected chi connectivity index (χ1v) is 5.95. The van der Waals surface area contributed by atoms with E-state index in [0.29, 0.717) is 16.7 Å². The molecular formula is C16H14O3. The van der Waals surface area contributed by atoms with Gasteiger partial charge in [0.25, 0.3) is 0 Å². The van der Waals surface area contributed by atoms with Crippen molar-refractivity contribution in [2.75, 3.05) is 0 Å². The summed E-state index contributed by atoms with van der Waals surface area (Å²) in [5.41, 5.74) is 2.14. The van der Waals surface area contributed by atoms with Crippen LogP contribution in [0.1, 0.15) is 37.4 Å². The molecule has 96 valence electrons. The van der Waals surface area contributed by atoms with Crippen LogP contribution in [0.25, 0.3) is 0 Å². The second kappa shape index (κ2) is 5.06. The number of hydrogen-bond donors (Lipinski definition) is 1. The molecule has 0 aliphatic heterocycles. The van der Waals surface area contributed by atoms with Crippen molar-refractivity contribution in [2.45, 2.75) is 13.8 Å². The van der Waals surface area contributed by atoms with Crippen LogP contribution in [0.15, 0.2) is 42.5 Å². The van der Waals surface area contributed by atoms with Gasteiger partial charge in [0, 0.05) is 11.1 Å². The zero-order chi connectivity index (χ0) is 14.0. The van der Waals surface area contributed by atoms with Crippen LogP contribution in [-0.4, -0.2) is 16.9 Å². The lowest BCUT2D eigenvalue weighted by atomic mass is 9.91. The van der Waals surface area contributed by atoms with Crippen molar-refractivity contribution in [2.24, 2.45) is 0 Å². The summed E-state index contributed by atoms with van der Waals surface area (Å²) in [5.74, 6) is -1.32. The molecule has 0 saturated heterocycles. The molecule has 2 aromatic rings. The third-order valence-electron chi connectivity index (χ3n) is 3.10. The van der Waals surface area contributed by atoms with Gasteiger partial charge in [-0.25, -0.2) is 4.79 Å². The lowest BCUT2D eigenvalue weighted by molar-refractivity contribution is 0.0692. The van der Waals surface area contributed by atoms with Crippen LogP contribution in [-0.2, 0) is 0 Å². The molecule has 0 amide bonds. The van der Waals surface area contributed by atoms with E-state index in [2.05, 4.69) is 0 Å². The van der Waals surface area contributed by atoms with Gasteiger partial charge < -0.3 is 5.11 Å². The van der Waals surface area contributed by atoms with Crippen molar-refractivity contribution >= 4 is 11.8 Å². The summed E-state index contributed by atoms with van der Waals surface area (Å²) < 4.78 is 0. The van der Waals surface area contributed by atoms with E-state index in [1.807, 2.05) is 6.07 Å². The molecule has 0 atom stereocenters. The van der Waals surface area contributed by atoms with Gasteiger partial charge in [0.2, 0.25) is 0 Å². The number of carboxylic acids is 1. The molecule has 3 heteroatoms. The van der Waals surface area contributed by atoms with Gasteiger partial charge in [0.05, 0.1) is 5.56 Å². The number of rotatable bonds is 3. The molecule has 0 aromatic heterocycles. The highest BCUT2D eigenvalue weighted by Crippen LogP contribution is 2.22. The Morgan fingerprint density at radius 2 is 1.37 bits per heavy atom. The fraction of sp³-hybridized carbons (Fsp3) is 0.125. The standard InChI is InChI=1S/C16H14O3/c1-10-8-9-11(2)14(16(18)19)13(10)15(17)12-6-4-3-5-7-12/h3-9H,1-2H3,(H,18,19). The normalized spacial score (nSPS) is 10.2. The Morgan fingerprint density at radius 1 is 0.842 bits per heavy atom. The molecule has 2 aromatic carbocycles. The van der Waals surface area contributed by atoms with Gasteiger partial charge in [0.15, 0.2) is 5.78 Å². The summed E-state index contributed by atoms with van der Waals surface area (Å²) in [5, 5.41) is 9.31. The zero-order valence-electron chi connectivity index (χ0n) is 10.8. The molecule has 0 unspecified atom stereocenters. The Morgan fingerprint density at radius 3 is 1.89 bits per heavy atom. The number of carbonyl (C=O) groups is 2. The Bertz CT molecular complexity index is 643. The number of hydrogen-bond acceptors (Lipinski definition) is 2. The quantitative estimate of drug-likeness (QED) is 0.855. The minimum absolute atomic E-state index is 0.0915. The fourth-order valence-electron chi connectivity index (χ4n) is 2.11. The van der Waals surface area contributed by atoms with Crippen molar-refractivity contribution in [3.63, 3.8) is 0 Å². The second-order valence-electron chi connectivity index (χ2n) is 4.45. The summed E-state index contributed by atoms with van der Waals surface area (Å²) in [6.45, 7) is 3.45. The maximum absolute atomic E-state index is 12.5. The Hall–Kier alpha value is -2.42. The maximum Gasteiger partial charge on any atom is 0.336 e. The Kier molecular flexibility index (Phi) is 3.47. The van der Waals surface area contributed by atoms with E-state index in [1.54, 1.807) is 50.2 Å². The summed E-state index contributed by atoms with van der Waals surface area (Å²) in [4.78, 5) is 23.9. The van der Waals surface area contributed by atoms with Crippen molar-refractivity contribution in [1.29, 1.82) is 0 Å². The third kappa shape index (κ3) is 2.40.